The van der Waals surface area contributed by atoms with E-state index in [0.29, 0.717) is 17.4 Å². The number of unbranched alkanes of at least 4 members (excludes halogenated alkanes) is 40. The molecule has 9 nitrogen and oxygen atoms in total. The third kappa shape index (κ3) is 84.3. The molecule has 0 fully saturated rings. The molecule has 0 heterocycles. The summed E-state index contributed by atoms with van der Waals surface area (Å²) >= 11 is 0. The van der Waals surface area contributed by atoms with E-state index in [-0.39, 0.29) is 38.6 Å². The Bertz CT molecular complexity index is 2220. The first-order valence-corrected chi connectivity index (χ1v) is 43.0. The summed E-state index contributed by atoms with van der Waals surface area (Å²) in [7, 11) is 5.93. The number of allylic oxidation sites excluding steroid dienone is 24. The fourth-order valence-corrected chi connectivity index (χ4v) is 12.1. The van der Waals surface area contributed by atoms with Crippen molar-refractivity contribution in [3.8, 4) is 0 Å². The first-order chi connectivity index (χ1) is 50.6. The molecule has 0 radical (unpaired) electrons. The van der Waals surface area contributed by atoms with Gasteiger partial charge in [0.25, 0.3) is 0 Å². The molecule has 0 bridgehead atoms. The number of hydrogen-bond donors (Lipinski definition) is 0. The van der Waals surface area contributed by atoms with Crippen molar-refractivity contribution in [2.24, 2.45) is 0 Å². The van der Waals surface area contributed by atoms with Crippen LogP contribution in [0.2, 0.25) is 0 Å². The molecular weight excluding hydrogens is 1270 g/mol. The molecule has 2 unspecified atom stereocenters. The number of quaternary nitrogens is 1. The van der Waals surface area contributed by atoms with Crippen LogP contribution in [0.4, 0.5) is 0 Å². The number of carbonyl (C=O) groups is 3. The number of likely N-dealkylation sites (N-methyl/N-ethyl adjacent to an activating group) is 1. The van der Waals surface area contributed by atoms with Gasteiger partial charge < -0.3 is 33.3 Å². The maximum Gasteiger partial charge on any atom is 0.306 e. The van der Waals surface area contributed by atoms with E-state index in [2.05, 4.69) is 160 Å². The number of rotatable bonds is 79. The van der Waals surface area contributed by atoms with E-state index in [9.17, 15) is 19.5 Å². The van der Waals surface area contributed by atoms with Gasteiger partial charge in [-0.05, 0) is 103 Å². The number of carboxylic acid groups (broad SMARTS) is 1. The predicted molar refractivity (Wildman–Crippen MR) is 444 cm³/mol. The molecule has 103 heavy (non-hydrogen) atoms. The number of hydrogen-bond acceptors (Lipinski definition) is 8. The standard InChI is InChI=1S/C94H161NO8/c1-6-8-10-12-14-16-18-20-22-24-26-28-30-32-34-36-38-40-42-44-45-46-47-49-51-53-55-57-59-61-63-65-67-69-71-73-75-77-79-81-83-85-92(97)103-90(89-102-94(93(98)99)100-87-86-95(3,4)5)88-101-91(96)84-82-80-78-76-74-72-70-68-66-64-62-60-58-56-54-52-50-48-43-41-39-37-35-33-31-29-27-25-23-21-19-17-15-13-11-9-7-2/h8,10,14,16,20,22,26,28,32,34,38,40,44-45,47,49,53,55,59,61,65,67,71,73,90,94H,6-7,9,11-13,15,17-19,21,23-25,27,29-31,33,35-37,39,41-43,46,48,50-52,54,56-58,60,62-64,66,68-70,72,74-89H2,1-5H3/b10-8-,16-14-,22-20-,28-26-,34-32-,40-38-,45-44-,49-47-,55-53-,61-59-,67-65-,73-71-. The fraction of sp³-hybridized carbons (Fsp3) is 0.713. The molecule has 0 saturated carbocycles. The average molecular weight is 1430 g/mol. The Kier molecular flexibility index (Phi) is 78.9. The van der Waals surface area contributed by atoms with Crippen molar-refractivity contribution in [2.45, 2.75) is 386 Å². The van der Waals surface area contributed by atoms with Crippen molar-refractivity contribution in [3.63, 3.8) is 0 Å². The zero-order chi connectivity index (χ0) is 74.6. The van der Waals surface area contributed by atoms with Crippen molar-refractivity contribution in [1.29, 1.82) is 0 Å². The second-order valence-electron chi connectivity index (χ2n) is 29.8. The van der Waals surface area contributed by atoms with Crippen LogP contribution in [-0.4, -0.2) is 82.3 Å². The number of aliphatic carboxylic acids is 1. The Balaban J connectivity index is 4.08. The molecule has 0 N–H and O–H groups in total. The maximum absolute atomic E-state index is 13.0. The van der Waals surface area contributed by atoms with Crippen molar-refractivity contribution < 1.29 is 42.9 Å². The van der Waals surface area contributed by atoms with Gasteiger partial charge in [-0.25, -0.2) is 0 Å². The van der Waals surface area contributed by atoms with E-state index in [0.717, 1.165) is 122 Å². The molecule has 0 amide bonds. The van der Waals surface area contributed by atoms with Crippen LogP contribution in [-0.2, 0) is 33.3 Å². The van der Waals surface area contributed by atoms with Crippen LogP contribution in [0.5, 0.6) is 0 Å². The summed E-state index contributed by atoms with van der Waals surface area (Å²) in [5, 5.41) is 11.9. The highest BCUT2D eigenvalue weighted by atomic mass is 16.7. The summed E-state index contributed by atoms with van der Waals surface area (Å²) in [6.07, 6.45) is 119. The number of carboxylic acids is 1. The summed E-state index contributed by atoms with van der Waals surface area (Å²) in [5.41, 5.74) is 0. The lowest BCUT2D eigenvalue weighted by molar-refractivity contribution is -0.870. The summed E-state index contributed by atoms with van der Waals surface area (Å²) in [6, 6.07) is 0. The Labute approximate surface area is 636 Å². The van der Waals surface area contributed by atoms with E-state index < -0.39 is 24.3 Å². The Morgan fingerprint density at radius 2 is 0.553 bits per heavy atom. The van der Waals surface area contributed by atoms with E-state index >= 15 is 0 Å². The monoisotopic (exact) mass is 1430 g/mol. The minimum Gasteiger partial charge on any atom is -0.545 e. The lowest BCUT2D eigenvalue weighted by atomic mass is 10.0. The van der Waals surface area contributed by atoms with Gasteiger partial charge in [-0.2, -0.15) is 0 Å². The van der Waals surface area contributed by atoms with Crippen LogP contribution in [0.15, 0.2) is 146 Å². The molecule has 0 aliphatic carbocycles. The highest BCUT2D eigenvalue weighted by Gasteiger charge is 2.22. The minimum absolute atomic E-state index is 0.137. The van der Waals surface area contributed by atoms with Gasteiger partial charge in [0.15, 0.2) is 12.4 Å². The number of ether oxygens (including phenoxy) is 4. The van der Waals surface area contributed by atoms with E-state index in [1.807, 2.05) is 21.1 Å². The lowest BCUT2D eigenvalue weighted by Crippen LogP contribution is -2.44. The summed E-state index contributed by atoms with van der Waals surface area (Å²) in [4.78, 5) is 37.6. The van der Waals surface area contributed by atoms with Gasteiger partial charge in [0.2, 0.25) is 0 Å². The second-order valence-corrected chi connectivity index (χ2v) is 29.8. The maximum atomic E-state index is 13.0. The molecule has 0 aromatic rings. The van der Waals surface area contributed by atoms with E-state index in [1.54, 1.807) is 0 Å². The molecule has 0 aromatic heterocycles. The highest BCUT2D eigenvalue weighted by molar-refractivity contribution is 5.70. The molecular formula is C94H161NO8. The molecule has 590 valence electrons. The first kappa shape index (κ1) is 98.2. The number of carbonyl (C=O) groups excluding carboxylic acids is 3. The van der Waals surface area contributed by atoms with Crippen LogP contribution in [0.3, 0.4) is 0 Å². The van der Waals surface area contributed by atoms with Gasteiger partial charge in [-0.1, -0.05) is 404 Å². The van der Waals surface area contributed by atoms with Crippen molar-refractivity contribution in [1.82, 2.24) is 0 Å². The SMILES string of the molecule is CC/C=C\C/C=C\C/C=C\C/C=C\C/C=C\C/C=C\C/C=C\C/C=C\C/C=C\C/C=C\C/C=C\C/C=C\CCCCCCC(=O)OC(COC(=O)CCCCCCCCCCCCCCCCCCCCCCCCCCCCCCCCCCCCCCC)COC(OCC[N+](C)(C)C)C(=O)[O-]. The molecule has 2 atom stereocenters. The largest absolute Gasteiger partial charge is 0.545 e. The summed E-state index contributed by atoms with van der Waals surface area (Å²) in [5.74, 6) is -2.31. The third-order valence-electron chi connectivity index (χ3n) is 18.6. The number of esters is 2. The third-order valence-corrected chi connectivity index (χ3v) is 18.6. The van der Waals surface area contributed by atoms with E-state index in [1.165, 1.54) is 218 Å². The van der Waals surface area contributed by atoms with Crippen LogP contribution >= 0.6 is 0 Å². The van der Waals surface area contributed by atoms with Crippen molar-refractivity contribution in [2.75, 3.05) is 47.5 Å². The summed E-state index contributed by atoms with van der Waals surface area (Å²) in [6.45, 7) is 4.64. The van der Waals surface area contributed by atoms with Gasteiger partial charge in [0.05, 0.1) is 40.3 Å². The topological polar surface area (TPSA) is 111 Å². The molecule has 0 spiro atoms. The minimum atomic E-state index is -1.64. The molecule has 9 heteroatoms. The van der Waals surface area contributed by atoms with E-state index in [4.69, 9.17) is 18.9 Å². The highest BCUT2D eigenvalue weighted by Crippen LogP contribution is 2.19. The molecule has 0 rings (SSSR count). The van der Waals surface area contributed by atoms with Crippen LogP contribution < -0.4 is 5.11 Å². The fourth-order valence-electron chi connectivity index (χ4n) is 12.1. The summed E-state index contributed by atoms with van der Waals surface area (Å²) < 4.78 is 22.8. The molecule has 0 aliphatic heterocycles. The average Bonchev–Trinajstić information content (AvgIpc) is 1.01. The van der Waals surface area contributed by atoms with Crippen LogP contribution in [0.1, 0.15) is 373 Å². The smallest absolute Gasteiger partial charge is 0.306 e. The van der Waals surface area contributed by atoms with Gasteiger partial charge in [0.1, 0.15) is 13.2 Å². The molecule has 0 aromatic carbocycles. The zero-order valence-electron chi connectivity index (χ0n) is 67.7. The first-order valence-electron chi connectivity index (χ1n) is 43.0. The number of nitrogens with zero attached hydrogens (tertiary/aromatic N) is 1. The van der Waals surface area contributed by atoms with Gasteiger partial charge >= 0.3 is 11.9 Å². The van der Waals surface area contributed by atoms with Crippen LogP contribution in [0.25, 0.3) is 0 Å². The molecule has 0 aliphatic rings. The van der Waals surface area contributed by atoms with Gasteiger partial charge in [-0.15, -0.1) is 0 Å². The van der Waals surface area contributed by atoms with Crippen molar-refractivity contribution >= 4 is 17.9 Å². The Morgan fingerprint density at radius 1 is 0.301 bits per heavy atom. The lowest BCUT2D eigenvalue weighted by Gasteiger charge is -2.26. The van der Waals surface area contributed by atoms with Crippen LogP contribution in [0, 0.1) is 0 Å². The normalized spacial score (nSPS) is 13.4. The van der Waals surface area contributed by atoms with Crippen molar-refractivity contribution in [3.05, 3.63) is 146 Å². The second kappa shape index (κ2) is 82.8. The Morgan fingerprint density at radius 3 is 0.825 bits per heavy atom. The van der Waals surface area contributed by atoms with Gasteiger partial charge in [-0.3, -0.25) is 9.59 Å². The molecule has 0 saturated heterocycles. The zero-order valence-corrected chi connectivity index (χ0v) is 67.7. The van der Waals surface area contributed by atoms with Gasteiger partial charge in [0, 0.05) is 12.8 Å². The predicted octanol–water partition coefficient (Wildman–Crippen LogP) is 26.8. The Hall–Kier alpha value is -4.83. The quantitative estimate of drug-likeness (QED) is 0.0195.